The van der Waals surface area contributed by atoms with Gasteiger partial charge < -0.3 is 10.1 Å². The maximum Gasteiger partial charge on any atom is 0.120 e. The zero-order chi connectivity index (χ0) is 22.0. The van der Waals surface area contributed by atoms with Gasteiger partial charge in [0.05, 0.1) is 11.0 Å². The highest BCUT2D eigenvalue weighted by Crippen LogP contribution is 2.25. The van der Waals surface area contributed by atoms with Gasteiger partial charge in [0, 0.05) is 17.9 Å². The number of aromatic nitrogens is 2. The van der Waals surface area contributed by atoms with Gasteiger partial charge in [-0.05, 0) is 80.3 Å². The van der Waals surface area contributed by atoms with Gasteiger partial charge in [-0.25, -0.2) is 4.98 Å². The van der Waals surface area contributed by atoms with Crippen molar-refractivity contribution in [3.8, 4) is 11.4 Å². The summed E-state index contributed by atoms with van der Waals surface area (Å²) in [7, 11) is 0. The van der Waals surface area contributed by atoms with Gasteiger partial charge in [0.1, 0.15) is 17.7 Å². The number of benzene rings is 3. The first kappa shape index (κ1) is 21.0. The van der Waals surface area contributed by atoms with Crippen LogP contribution in [0.3, 0.4) is 0 Å². The highest BCUT2D eigenvalue weighted by atomic mass is 16.5. The molecule has 0 atom stereocenters. The molecule has 4 rings (SSSR count). The molecule has 0 amide bonds. The Kier molecular flexibility index (Phi) is 5.73. The first-order valence-corrected chi connectivity index (χ1v) is 10.9. The second kappa shape index (κ2) is 8.46. The van der Waals surface area contributed by atoms with Crippen LogP contribution < -0.4 is 10.1 Å². The Bertz CT molecular complexity index is 1150. The van der Waals surface area contributed by atoms with Gasteiger partial charge in [-0.1, -0.05) is 38.1 Å². The number of ether oxygens (including phenoxy) is 1. The van der Waals surface area contributed by atoms with Crippen molar-refractivity contribution in [3.63, 3.8) is 0 Å². The Morgan fingerprint density at radius 1 is 0.935 bits per heavy atom. The van der Waals surface area contributed by atoms with Gasteiger partial charge in [0.25, 0.3) is 0 Å². The molecule has 3 aromatic carbocycles. The third kappa shape index (κ3) is 5.08. The van der Waals surface area contributed by atoms with Crippen LogP contribution in [0.1, 0.15) is 51.7 Å². The summed E-state index contributed by atoms with van der Waals surface area (Å²) in [6.45, 7) is 11.4. The predicted molar refractivity (Wildman–Crippen MR) is 129 cm³/mol. The number of rotatable bonds is 6. The molecule has 4 aromatic rings. The zero-order valence-electron chi connectivity index (χ0n) is 19.0. The average Bonchev–Trinajstić information content (AvgIpc) is 3.15. The highest BCUT2D eigenvalue weighted by Gasteiger charge is 2.12. The van der Waals surface area contributed by atoms with Crippen LogP contribution in [0, 0.1) is 0 Å². The lowest BCUT2D eigenvalue weighted by Gasteiger charge is -2.21. The molecule has 0 aliphatic rings. The lowest BCUT2D eigenvalue weighted by atomic mass is 10.0. The fourth-order valence-corrected chi connectivity index (χ4v) is 3.58. The summed E-state index contributed by atoms with van der Waals surface area (Å²) >= 11 is 0. The predicted octanol–water partition coefficient (Wildman–Crippen LogP) is 6.94. The van der Waals surface area contributed by atoms with E-state index in [1.807, 2.05) is 18.5 Å². The number of fused-ring (bicyclic) bond motifs is 1. The first-order valence-electron chi connectivity index (χ1n) is 10.9. The van der Waals surface area contributed by atoms with E-state index in [1.54, 1.807) is 0 Å². The fourth-order valence-electron chi connectivity index (χ4n) is 3.58. The quantitative estimate of drug-likeness (QED) is 0.372. The van der Waals surface area contributed by atoms with Crippen molar-refractivity contribution in [1.82, 2.24) is 9.55 Å². The van der Waals surface area contributed by atoms with E-state index in [9.17, 15) is 0 Å². The van der Waals surface area contributed by atoms with Gasteiger partial charge in [-0.15, -0.1) is 0 Å². The monoisotopic (exact) mass is 413 g/mol. The molecule has 1 heterocycles. The van der Waals surface area contributed by atoms with E-state index in [-0.39, 0.29) is 5.60 Å². The topological polar surface area (TPSA) is 39.1 Å². The second-order valence-corrected chi connectivity index (χ2v) is 9.28. The minimum Gasteiger partial charge on any atom is -0.488 e. The largest absolute Gasteiger partial charge is 0.488 e. The molecule has 1 aromatic heterocycles. The molecule has 31 heavy (non-hydrogen) atoms. The Morgan fingerprint density at radius 2 is 1.65 bits per heavy atom. The summed E-state index contributed by atoms with van der Waals surface area (Å²) in [5, 5.41) is 3.51. The number of anilines is 1. The molecule has 0 saturated carbocycles. The van der Waals surface area contributed by atoms with E-state index >= 15 is 0 Å². The van der Waals surface area contributed by atoms with Crippen LogP contribution in [-0.2, 0) is 6.54 Å². The maximum atomic E-state index is 5.93. The Labute approximate surface area is 184 Å². The lowest BCUT2D eigenvalue weighted by Crippen LogP contribution is -2.22. The van der Waals surface area contributed by atoms with E-state index in [2.05, 4.69) is 104 Å². The Hall–Kier alpha value is -3.27. The molecule has 0 bridgehead atoms. The van der Waals surface area contributed by atoms with Crippen molar-refractivity contribution >= 4 is 16.7 Å². The molecule has 0 radical (unpaired) electrons. The fraction of sp³-hybridized carbons (Fsp3) is 0.296. The molecule has 4 heteroatoms. The van der Waals surface area contributed by atoms with Crippen LogP contribution in [-0.4, -0.2) is 15.2 Å². The van der Waals surface area contributed by atoms with E-state index < -0.39 is 0 Å². The van der Waals surface area contributed by atoms with E-state index in [4.69, 9.17) is 4.74 Å². The number of nitrogens with one attached hydrogen (secondary N) is 1. The zero-order valence-corrected chi connectivity index (χ0v) is 19.0. The summed E-state index contributed by atoms with van der Waals surface area (Å²) in [4.78, 5) is 4.62. The van der Waals surface area contributed by atoms with Crippen molar-refractivity contribution in [2.75, 3.05) is 5.32 Å². The molecule has 0 fully saturated rings. The molecule has 0 unspecified atom stereocenters. The molecule has 160 valence electrons. The van der Waals surface area contributed by atoms with Crippen molar-refractivity contribution < 1.29 is 4.74 Å². The van der Waals surface area contributed by atoms with Gasteiger partial charge in [0.15, 0.2) is 0 Å². The smallest absolute Gasteiger partial charge is 0.120 e. The van der Waals surface area contributed by atoms with Gasteiger partial charge in [-0.2, -0.15) is 0 Å². The molecular formula is C27H31N3O. The SMILES string of the molecule is CC(C)c1ccc(CNc2ccc3c(c2)ncn3-c2ccc(OC(C)(C)C)cc2)cc1. The number of imidazole rings is 1. The standard InChI is InChI=1S/C27H31N3O/c1-19(2)21-8-6-20(7-9-21)17-28-22-10-15-26-25(16-22)29-18-30(26)23-11-13-24(14-12-23)31-27(3,4)5/h6-16,18-19,28H,17H2,1-5H3. The van der Waals surface area contributed by atoms with Crippen molar-refractivity contribution in [2.45, 2.75) is 52.7 Å². The number of hydrogen-bond acceptors (Lipinski definition) is 3. The van der Waals surface area contributed by atoms with Crippen LogP contribution in [0.5, 0.6) is 5.75 Å². The summed E-state index contributed by atoms with van der Waals surface area (Å²) < 4.78 is 8.03. The molecule has 1 N–H and O–H groups in total. The molecule has 0 saturated heterocycles. The lowest BCUT2D eigenvalue weighted by molar-refractivity contribution is 0.131. The first-order chi connectivity index (χ1) is 14.8. The molecule has 4 nitrogen and oxygen atoms in total. The van der Waals surface area contributed by atoms with Crippen LogP contribution in [0.25, 0.3) is 16.7 Å². The second-order valence-electron chi connectivity index (χ2n) is 9.28. The minimum absolute atomic E-state index is 0.205. The normalized spacial score (nSPS) is 11.8. The average molecular weight is 414 g/mol. The van der Waals surface area contributed by atoms with Gasteiger partial charge in [-0.3, -0.25) is 4.57 Å². The number of hydrogen-bond donors (Lipinski definition) is 1. The minimum atomic E-state index is -0.205. The van der Waals surface area contributed by atoms with E-state index in [0.29, 0.717) is 5.92 Å². The number of nitrogens with zero attached hydrogens (tertiary/aromatic N) is 2. The Balaban J connectivity index is 1.47. The van der Waals surface area contributed by atoms with Crippen molar-refractivity contribution in [1.29, 1.82) is 0 Å². The van der Waals surface area contributed by atoms with Crippen LogP contribution in [0.4, 0.5) is 5.69 Å². The highest BCUT2D eigenvalue weighted by molar-refractivity contribution is 5.81. The maximum absolute atomic E-state index is 5.93. The van der Waals surface area contributed by atoms with Crippen LogP contribution in [0.15, 0.2) is 73.1 Å². The van der Waals surface area contributed by atoms with E-state index in [0.717, 1.165) is 34.7 Å². The van der Waals surface area contributed by atoms with Crippen LogP contribution >= 0.6 is 0 Å². The molecule has 0 aliphatic carbocycles. The summed E-state index contributed by atoms with van der Waals surface area (Å²) in [5.74, 6) is 1.43. The third-order valence-corrected chi connectivity index (χ3v) is 5.23. The van der Waals surface area contributed by atoms with Gasteiger partial charge >= 0.3 is 0 Å². The van der Waals surface area contributed by atoms with Gasteiger partial charge in [0.2, 0.25) is 0 Å². The third-order valence-electron chi connectivity index (χ3n) is 5.23. The van der Waals surface area contributed by atoms with Crippen LogP contribution in [0.2, 0.25) is 0 Å². The molecule has 0 spiro atoms. The molecular weight excluding hydrogens is 382 g/mol. The van der Waals surface area contributed by atoms with Crippen molar-refractivity contribution in [3.05, 3.63) is 84.2 Å². The summed E-state index contributed by atoms with van der Waals surface area (Å²) in [6, 6.07) is 23.3. The van der Waals surface area contributed by atoms with Crippen molar-refractivity contribution in [2.24, 2.45) is 0 Å². The summed E-state index contributed by atoms with van der Waals surface area (Å²) in [6.07, 6.45) is 1.87. The molecule has 0 aliphatic heterocycles. The Morgan fingerprint density at radius 3 is 2.29 bits per heavy atom. The summed E-state index contributed by atoms with van der Waals surface area (Å²) in [5.41, 5.74) is 6.62. The van der Waals surface area contributed by atoms with E-state index in [1.165, 1.54) is 11.1 Å².